The van der Waals surface area contributed by atoms with Crippen molar-refractivity contribution in [1.82, 2.24) is 16.0 Å². The number of thiocarbonyl (C=S) groups is 1. The molecule has 2 aromatic rings. The van der Waals surface area contributed by atoms with Crippen LogP contribution in [0.2, 0.25) is 0 Å². The first kappa shape index (κ1) is 27.8. The molecule has 0 aliphatic rings. The van der Waals surface area contributed by atoms with Crippen LogP contribution in [0, 0.1) is 19.7 Å². The quantitative estimate of drug-likeness (QED) is 0.218. The van der Waals surface area contributed by atoms with E-state index in [1.807, 2.05) is 6.92 Å². The third-order valence-corrected chi connectivity index (χ3v) is 5.87. The zero-order chi connectivity index (χ0) is 25.5. The van der Waals surface area contributed by atoms with Gasteiger partial charge < -0.3 is 16.0 Å². The minimum Gasteiger partial charge on any atom is -0.363 e. The van der Waals surface area contributed by atoms with Crippen LogP contribution in [0.3, 0.4) is 0 Å². The summed E-state index contributed by atoms with van der Waals surface area (Å²) in [7, 11) is 0. The molecule has 0 spiro atoms. The Labute approximate surface area is 210 Å². The van der Waals surface area contributed by atoms with E-state index >= 15 is 0 Å². The van der Waals surface area contributed by atoms with E-state index in [1.165, 1.54) is 38.1 Å². The number of amides is 1. The number of alkyl halides is 3. The minimum atomic E-state index is -4.55. The molecule has 3 N–H and O–H groups in total. The summed E-state index contributed by atoms with van der Waals surface area (Å²) in [4.78, 5) is 12.4. The summed E-state index contributed by atoms with van der Waals surface area (Å²) in [6.07, 6.45) is -2.18. The van der Waals surface area contributed by atoms with Crippen molar-refractivity contribution in [3.63, 3.8) is 0 Å². The standard InChI is InChI=1S/C24H26BrF4N3OS/c1-4-30-23(34)32-10-9-31-22(33)18-7-5-16(13-20(18)25)6-8-19(24(27,28)29)17-11-14(2)21(26)15(3)12-17/h5-8,11-13,19H,4,9-10H2,1-3H3,(H,31,33)(H2,30,32,34)/b8-6+. The second-order valence-corrected chi connectivity index (χ2v) is 8.89. The number of carbonyl (C=O) groups is 1. The Balaban J connectivity index is 2.12. The summed E-state index contributed by atoms with van der Waals surface area (Å²) in [5, 5.41) is 9.13. The lowest BCUT2D eigenvalue weighted by Crippen LogP contribution is -2.40. The van der Waals surface area contributed by atoms with Crippen LogP contribution in [0.4, 0.5) is 17.6 Å². The summed E-state index contributed by atoms with van der Waals surface area (Å²) < 4.78 is 55.5. The monoisotopic (exact) mass is 559 g/mol. The SMILES string of the molecule is CCNC(=S)NCCNC(=O)c1ccc(/C=C/C(c2cc(C)c(F)c(C)c2)C(F)(F)F)cc1Br. The Bertz CT molecular complexity index is 1050. The highest BCUT2D eigenvalue weighted by atomic mass is 79.9. The Morgan fingerprint density at radius 3 is 2.26 bits per heavy atom. The fraction of sp³-hybridized carbons (Fsp3) is 0.333. The summed E-state index contributed by atoms with van der Waals surface area (Å²) in [6.45, 7) is 6.27. The number of carbonyl (C=O) groups excluding carboxylic acids is 1. The molecule has 0 aliphatic carbocycles. The molecule has 184 valence electrons. The van der Waals surface area contributed by atoms with Gasteiger partial charge in [-0.05, 0) is 83.3 Å². The lowest BCUT2D eigenvalue weighted by Gasteiger charge is -2.19. The summed E-state index contributed by atoms with van der Waals surface area (Å²) >= 11 is 8.35. The first-order valence-corrected chi connectivity index (χ1v) is 11.7. The Morgan fingerprint density at radius 1 is 1.09 bits per heavy atom. The van der Waals surface area contributed by atoms with Crippen molar-refractivity contribution in [2.75, 3.05) is 19.6 Å². The molecule has 2 aromatic carbocycles. The molecule has 0 aliphatic heterocycles. The number of allylic oxidation sites excluding steroid dienone is 1. The molecule has 1 unspecified atom stereocenters. The van der Waals surface area contributed by atoms with Gasteiger partial charge in [0, 0.05) is 24.1 Å². The van der Waals surface area contributed by atoms with Gasteiger partial charge in [-0.2, -0.15) is 13.2 Å². The molecule has 1 amide bonds. The largest absolute Gasteiger partial charge is 0.399 e. The Morgan fingerprint density at radius 2 is 1.71 bits per heavy atom. The van der Waals surface area contributed by atoms with E-state index in [1.54, 1.807) is 12.1 Å². The van der Waals surface area contributed by atoms with Gasteiger partial charge in [0.2, 0.25) is 0 Å². The Kier molecular flexibility index (Phi) is 10.1. The zero-order valence-corrected chi connectivity index (χ0v) is 21.3. The van der Waals surface area contributed by atoms with E-state index in [2.05, 4.69) is 31.9 Å². The molecule has 0 heterocycles. The van der Waals surface area contributed by atoms with Crippen LogP contribution in [0.5, 0.6) is 0 Å². The van der Waals surface area contributed by atoms with Crippen molar-refractivity contribution >= 4 is 45.2 Å². The van der Waals surface area contributed by atoms with Gasteiger partial charge in [-0.15, -0.1) is 0 Å². The molecule has 0 fully saturated rings. The van der Waals surface area contributed by atoms with Gasteiger partial charge in [0.25, 0.3) is 5.91 Å². The van der Waals surface area contributed by atoms with E-state index < -0.39 is 17.9 Å². The summed E-state index contributed by atoms with van der Waals surface area (Å²) in [5.74, 6) is -2.74. The maximum atomic E-state index is 13.9. The van der Waals surface area contributed by atoms with Crippen LogP contribution in [0.15, 0.2) is 40.9 Å². The average Bonchev–Trinajstić information content (AvgIpc) is 2.74. The molecule has 1 atom stereocenters. The van der Waals surface area contributed by atoms with E-state index in [0.29, 0.717) is 40.3 Å². The van der Waals surface area contributed by atoms with E-state index in [9.17, 15) is 22.4 Å². The second-order valence-electron chi connectivity index (χ2n) is 7.63. The van der Waals surface area contributed by atoms with Crippen molar-refractivity contribution in [3.8, 4) is 0 Å². The highest BCUT2D eigenvalue weighted by Gasteiger charge is 2.39. The van der Waals surface area contributed by atoms with Gasteiger partial charge in [-0.3, -0.25) is 4.79 Å². The number of rotatable bonds is 8. The van der Waals surface area contributed by atoms with Crippen molar-refractivity contribution in [3.05, 3.63) is 74.5 Å². The maximum Gasteiger partial charge on any atom is 0.399 e. The smallest absolute Gasteiger partial charge is 0.363 e. The van der Waals surface area contributed by atoms with E-state index in [-0.39, 0.29) is 22.6 Å². The van der Waals surface area contributed by atoms with Crippen LogP contribution < -0.4 is 16.0 Å². The molecule has 34 heavy (non-hydrogen) atoms. The van der Waals surface area contributed by atoms with Crippen LogP contribution >= 0.6 is 28.1 Å². The maximum absolute atomic E-state index is 13.9. The first-order chi connectivity index (χ1) is 15.9. The molecule has 0 aromatic heterocycles. The molecular formula is C24H26BrF4N3OS. The van der Waals surface area contributed by atoms with E-state index in [4.69, 9.17) is 12.2 Å². The topological polar surface area (TPSA) is 53.2 Å². The van der Waals surface area contributed by atoms with Crippen molar-refractivity contribution in [2.24, 2.45) is 0 Å². The van der Waals surface area contributed by atoms with Crippen molar-refractivity contribution < 1.29 is 22.4 Å². The van der Waals surface area contributed by atoms with Crippen LogP contribution in [0.25, 0.3) is 6.08 Å². The molecule has 0 bridgehead atoms. The fourth-order valence-corrected chi connectivity index (χ4v) is 4.09. The normalized spacial score (nSPS) is 12.5. The number of nitrogens with one attached hydrogen (secondary N) is 3. The number of hydrogen-bond acceptors (Lipinski definition) is 2. The molecule has 0 radical (unpaired) electrons. The van der Waals surface area contributed by atoms with Crippen molar-refractivity contribution in [2.45, 2.75) is 32.9 Å². The number of aryl methyl sites for hydroxylation is 2. The van der Waals surface area contributed by atoms with Gasteiger partial charge in [0.1, 0.15) is 5.82 Å². The minimum absolute atomic E-state index is 0.0301. The first-order valence-electron chi connectivity index (χ1n) is 10.5. The molecular weight excluding hydrogens is 534 g/mol. The van der Waals surface area contributed by atoms with E-state index in [0.717, 1.165) is 6.08 Å². The summed E-state index contributed by atoms with van der Waals surface area (Å²) in [5.41, 5.74) is 1.12. The van der Waals surface area contributed by atoms with Gasteiger partial charge in [-0.25, -0.2) is 4.39 Å². The van der Waals surface area contributed by atoms with Crippen LogP contribution in [0.1, 0.15) is 45.5 Å². The van der Waals surface area contributed by atoms with Crippen molar-refractivity contribution in [1.29, 1.82) is 0 Å². The molecule has 2 rings (SSSR count). The lowest BCUT2D eigenvalue weighted by molar-refractivity contribution is -0.139. The average molecular weight is 560 g/mol. The Hall–Kier alpha value is -2.46. The number of halogens is 5. The number of benzene rings is 2. The number of hydrogen-bond donors (Lipinski definition) is 3. The zero-order valence-electron chi connectivity index (χ0n) is 18.9. The highest BCUT2D eigenvalue weighted by molar-refractivity contribution is 9.10. The van der Waals surface area contributed by atoms with Crippen LogP contribution in [-0.4, -0.2) is 36.8 Å². The molecule has 0 saturated carbocycles. The third-order valence-electron chi connectivity index (χ3n) is 4.92. The lowest BCUT2D eigenvalue weighted by atomic mass is 9.93. The molecule has 0 saturated heterocycles. The predicted molar refractivity (Wildman–Crippen MR) is 134 cm³/mol. The second kappa shape index (κ2) is 12.3. The highest BCUT2D eigenvalue weighted by Crippen LogP contribution is 2.37. The van der Waals surface area contributed by atoms with Gasteiger partial charge >= 0.3 is 6.18 Å². The van der Waals surface area contributed by atoms with Crippen LogP contribution in [-0.2, 0) is 0 Å². The molecule has 4 nitrogen and oxygen atoms in total. The summed E-state index contributed by atoms with van der Waals surface area (Å²) in [6, 6.07) is 7.09. The van der Waals surface area contributed by atoms with Gasteiger partial charge in [-0.1, -0.05) is 30.4 Å². The fourth-order valence-electron chi connectivity index (χ4n) is 3.27. The molecule has 10 heteroatoms. The predicted octanol–water partition coefficient (Wildman–Crippen LogP) is 5.78. The third kappa shape index (κ3) is 7.80. The van der Waals surface area contributed by atoms with Gasteiger partial charge in [0.15, 0.2) is 5.11 Å². The van der Waals surface area contributed by atoms with Gasteiger partial charge in [0.05, 0.1) is 11.5 Å².